The average Bonchev–Trinajstić information content (AvgIpc) is 2.71. The van der Waals surface area contributed by atoms with E-state index in [1.165, 1.54) is 11.3 Å². The first kappa shape index (κ1) is 13.1. The van der Waals surface area contributed by atoms with Gasteiger partial charge in [-0.1, -0.05) is 17.7 Å². The Morgan fingerprint density at radius 3 is 2.78 bits per heavy atom. The monoisotopic (exact) mass is 263 g/mol. The molecule has 0 saturated carbocycles. The quantitative estimate of drug-likeness (QED) is 0.919. The molecule has 0 radical (unpaired) electrons. The van der Waals surface area contributed by atoms with Crippen molar-refractivity contribution < 1.29 is 0 Å². The van der Waals surface area contributed by atoms with Gasteiger partial charge in [0.15, 0.2) is 0 Å². The first-order valence-electron chi connectivity index (χ1n) is 6.07. The summed E-state index contributed by atoms with van der Waals surface area (Å²) in [6.07, 6.45) is 1.92. The van der Waals surface area contributed by atoms with E-state index in [0.717, 1.165) is 29.2 Å². The van der Waals surface area contributed by atoms with Crippen molar-refractivity contribution in [3.8, 4) is 11.1 Å². The molecule has 18 heavy (non-hydrogen) atoms. The number of hydrogen-bond acceptors (Lipinski definition) is 2. The second kappa shape index (κ2) is 5.55. The minimum Gasteiger partial charge on any atom is -0.318 e. The van der Waals surface area contributed by atoms with Crippen LogP contribution in [0.15, 0.2) is 24.4 Å². The summed E-state index contributed by atoms with van der Waals surface area (Å²) in [4.78, 5) is 0. The Morgan fingerprint density at radius 2 is 2.06 bits per heavy atom. The van der Waals surface area contributed by atoms with E-state index >= 15 is 0 Å². The Hall–Kier alpha value is -1.32. The zero-order valence-electron chi connectivity index (χ0n) is 11.0. The highest BCUT2D eigenvalue weighted by Gasteiger charge is 2.10. The molecule has 96 valence electrons. The highest BCUT2D eigenvalue weighted by Crippen LogP contribution is 2.28. The Morgan fingerprint density at radius 1 is 1.28 bits per heavy atom. The lowest BCUT2D eigenvalue weighted by Crippen LogP contribution is -2.16. The van der Waals surface area contributed by atoms with Crippen molar-refractivity contribution in [2.45, 2.75) is 20.4 Å². The largest absolute Gasteiger partial charge is 0.318 e. The molecular formula is C14H18ClN3. The number of benzene rings is 1. The third kappa shape index (κ3) is 2.57. The molecule has 0 aliphatic carbocycles. The van der Waals surface area contributed by atoms with Gasteiger partial charge >= 0.3 is 0 Å². The third-order valence-corrected chi connectivity index (χ3v) is 3.40. The molecular weight excluding hydrogens is 246 g/mol. The number of aryl methyl sites for hydroxylation is 1. The van der Waals surface area contributed by atoms with E-state index in [9.17, 15) is 0 Å². The molecule has 0 aliphatic heterocycles. The first-order valence-corrected chi connectivity index (χ1v) is 6.45. The molecule has 0 bridgehead atoms. The third-order valence-electron chi connectivity index (χ3n) is 3.17. The molecule has 0 saturated heterocycles. The van der Waals surface area contributed by atoms with E-state index in [0.29, 0.717) is 0 Å². The fourth-order valence-electron chi connectivity index (χ4n) is 2.04. The summed E-state index contributed by atoms with van der Waals surface area (Å²) in [5.74, 6) is 0. The van der Waals surface area contributed by atoms with Gasteiger partial charge in [0, 0.05) is 22.8 Å². The number of hydrogen-bond donors (Lipinski definition) is 1. The molecule has 1 N–H and O–H groups in total. The molecule has 4 heteroatoms. The van der Waals surface area contributed by atoms with Crippen LogP contribution in [0.3, 0.4) is 0 Å². The number of rotatable bonds is 4. The van der Waals surface area contributed by atoms with Crippen molar-refractivity contribution in [3.63, 3.8) is 0 Å². The predicted octanol–water partition coefficient (Wildman–Crippen LogP) is 3.04. The molecule has 1 heterocycles. The van der Waals surface area contributed by atoms with Crippen LogP contribution in [0.4, 0.5) is 0 Å². The van der Waals surface area contributed by atoms with Crippen molar-refractivity contribution >= 4 is 11.6 Å². The minimum absolute atomic E-state index is 0.762. The Bertz CT molecular complexity index is 546. The van der Waals surface area contributed by atoms with Crippen molar-refractivity contribution in [2.24, 2.45) is 0 Å². The average molecular weight is 264 g/mol. The van der Waals surface area contributed by atoms with Gasteiger partial charge in [-0.05, 0) is 44.2 Å². The first-order chi connectivity index (χ1) is 8.63. The van der Waals surface area contributed by atoms with E-state index in [4.69, 9.17) is 11.6 Å². The maximum Gasteiger partial charge on any atom is 0.0571 e. The molecule has 1 aromatic heterocycles. The van der Waals surface area contributed by atoms with Gasteiger partial charge < -0.3 is 5.32 Å². The normalized spacial score (nSPS) is 10.9. The molecule has 2 aromatic rings. The number of aromatic nitrogens is 2. The zero-order valence-corrected chi connectivity index (χ0v) is 11.8. The maximum atomic E-state index is 6.07. The molecule has 2 rings (SSSR count). The summed E-state index contributed by atoms with van der Waals surface area (Å²) in [7, 11) is 1.95. The van der Waals surface area contributed by atoms with Crippen molar-refractivity contribution in [1.82, 2.24) is 15.1 Å². The Labute approximate surface area is 113 Å². The smallest absolute Gasteiger partial charge is 0.0571 e. The van der Waals surface area contributed by atoms with E-state index < -0.39 is 0 Å². The van der Waals surface area contributed by atoms with Crippen molar-refractivity contribution in [3.05, 3.63) is 40.7 Å². The van der Waals surface area contributed by atoms with Crippen LogP contribution in [0.25, 0.3) is 11.1 Å². The molecule has 0 unspecified atom stereocenters. The second-order valence-corrected chi connectivity index (χ2v) is 4.87. The van der Waals surface area contributed by atoms with Crippen molar-refractivity contribution in [2.75, 3.05) is 13.6 Å². The van der Waals surface area contributed by atoms with Crippen LogP contribution in [0, 0.1) is 13.8 Å². The van der Waals surface area contributed by atoms with Crippen LogP contribution in [-0.4, -0.2) is 23.4 Å². The van der Waals surface area contributed by atoms with Gasteiger partial charge in [0.05, 0.1) is 12.7 Å². The van der Waals surface area contributed by atoms with Crippen LogP contribution in [0.5, 0.6) is 0 Å². The van der Waals surface area contributed by atoms with Gasteiger partial charge in [-0.2, -0.15) is 5.10 Å². The van der Waals surface area contributed by atoms with Crippen LogP contribution >= 0.6 is 11.6 Å². The fourth-order valence-corrected chi connectivity index (χ4v) is 2.21. The van der Waals surface area contributed by atoms with E-state index in [1.807, 2.05) is 36.1 Å². The molecule has 0 spiro atoms. The maximum absolute atomic E-state index is 6.07. The summed E-state index contributed by atoms with van der Waals surface area (Å²) < 4.78 is 2.02. The predicted molar refractivity (Wildman–Crippen MR) is 76.1 cm³/mol. The Kier molecular flexibility index (Phi) is 4.04. The van der Waals surface area contributed by atoms with Gasteiger partial charge in [-0.15, -0.1) is 0 Å². The van der Waals surface area contributed by atoms with Crippen LogP contribution in [0.2, 0.25) is 5.02 Å². The van der Waals surface area contributed by atoms with Crippen LogP contribution in [-0.2, 0) is 6.54 Å². The lowest BCUT2D eigenvalue weighted by molar-refractivity contribution is 0.572. The fraction of sp³-hybridized carbons (Fsp3) is 0.357. The standard InChI is InChI=1S/C14H18ClN3/c1-10-4-5-12(15)8-13(10)14-9-17-18(11(14)2)7-6-16-3/h4-5,8-9,16H,6-7H2,1-3H3. The van der Waals surface area contributed by atoms with Crippen LogP contribution in [0.1, 0.15) is 11.3 Å². The van der Waals surface area contributed by atoms with E-state index in [-0.39, 0.29) is 0 Å². The summed E-state index contributed by atoms with van der Waals surface area (Å²) in [6, 6.07) is 5.96. The summed E-state index contributed by atoms with van der Waals surface area (Å²) in [5.41, 5.74) is 4.72. The molecule has 3 nitrogen and oxygen atoms in total. The summed E-state index contributed by atoms with van der Waals surface area (Å²) in [5, 5.41) is 8.33. The molecule has 0 fully saturated rings. The van der Waals surface area contributed by atoms with Gasteiger partial charge in [-0.3, -0.25) is 4.68 Å². The van der Waals surface area contributed by atoms with Gasteiger partial charge in [0.2, 0.25) is 0 Å². The number of nitrogens with zero attached hydrogens (tertiary/aromatic N) is 2. The van der Waals surface area contributed by atoms with Gasteiger partial charge in [0.1, 0.15) is 0 Å². The van der Waals surface area contributed by atoms with E-state index in [2.05, 4.69) is 24.3 Å². The molecule has 1 aromatic carbocycles. The second-order valence-electron chi connectivity index (χ2n) is 4.43. The number of nitrogens with one attached hydrogen (secondary N) is 1. The topological polar surface area (TPSA) is 29.9 Å². The minimum atomic E-state index is 0.762. The molecule has 0 atom stereocenters. The summed E-state index contributed by atoms with van der Waals surface area (Å²) in [6.45, 7) is 5.98. The van der Waals surface area contributed by atoms with Crippen molar-refractivity contribution in [1.29, 1.82) is 0 Å². The van der Waals surface area contributed by atoms with Crippen LogP contribution < -0.4 is 5.32 Å². The molecule has 0 aliphatic rings. The Balaban J connectivity index is 2.39. The highest BCUT2D eigenvalue weighted by molar-refractivity contribution is 6.30. The summed E-state index contributed by atoms with van der Waals surface area (Å²) >= 11 is 6.07. The zero-order chi connectivity index (χ0) is 13.1. The number of halogens is 1. The highest BCUT2D eigenvalue weighted by atomic mass is 35.5. The lowest BCUT2D eigenvalue weighted by atomic mass is 10.0. The van der Waals surface area contributed by atoms with Gasteiger partial charge in [0.25, 0.3) is 0 Å². The number of likely N-dealkylation sites (N-methyl/N-ethyl adjacent to an activating group) is 1. The molecule has 0 amide bonds. The van der Waals surface area contributed by atoms with Gasteiger partial charge in [-0.25, -0.2) is 0 Å². The van der Waals surface area contributed by atoms with E-state index in [1.54, 1.807) is 0 Å². The SMILES string of the molecule is CNCCn1ncc(-c2cc(Cl)ccc2C)c1C. The lowest BCUT2D eigenvalue weighted by Gasteiger charge is -2.07.